The van der Waals surface area contributed by atoms with Gasteiger partial charge in [0.15, 0.2) is 5.79 Å². The molecule has 0 spiro atoms. The minimum Gasteiger partial charge on any atom is -0.383 e. The number of nitrogens with zero attached hydrogens (tertiary/aromatic N) is 1. The van der Waals surface area contributed by atoms with Crippen LogP contribution in [0.15, 0.2) is 11.6 Å². The van der Waals surface area contributed by atoms with Crippen LogP contribution in [0.4, 0.5) is 0 Å². The van der Waals surface area contributed by atoms with E-state index in [-0.39, 0.29) is 0 Å². The molecule has 0 heterocycles. The van der Waals surface area contributed by atoms with Crippen molar-refractivity contribution in [2.45, 2.75) is 31.2 Å². The molecule has 1 aliphatic rings. The van der Waals surface area contributed by atoms with Crippen molar-refractivity contribution in [1.29, 1.82) is 5.26 Å². The second-order valence-electron chi connectivity index (χ2n) is 3.32. The molecule has 1 saturated carbocycles. The highest BCUT2D eigenvalue weighted by Gasteiger charge is 2.42. The number of methoxy groups -OCH3 is 2. The summed E-state index contributed by atoms with van der Waals surface area (Å²) in [6.45, 7) is 0. The maximum Gasteiger partial charge on any atom is 0.197 e. The molecule has 0 radical (unpaired) electrons. The van der Waals surface area contributed by atoms with E-state index in [0.29, 0.717) is 12.0 Å². The third kappa shape index (κ3) is 1.80. The molecule has 1 unspecified atom stereocenters. The lowest BCUT2D eigenvalue weighted by Crippen LogP contribution is -2.49. The van der Waals surface area contributed by atoms with Gasteiger partial charge in [0.25, 0.3) is 0 Å². The van der Waals surface area contributed by atoms with Gasteiger partial charge in [-0.1, -0.05) is 0 Å². The molecule has 0 amide bonds. The summed E-state index contributed by atoms with van der Waals surface area (Å²) in [7, 11) is 3.00. The van der Waals surface area contributed by atoms with E-state index in [1.807, 2.05) is 6.07 Å². The number of hydrogen-bond acceptors (Lipinski definition) is 4. The predicted molar refractivity (Wildman–Crippen MR) is 50.3 cm³/mol. The van der Waals surface area contributed by atoms with Crippen molar-refractivity contribution in [3.8, 4) is 6.07 Å². The van der Waals surface area contributed by atoms with Crippen LogP contribution >= 0.6 is 0 Å². The molecule has 14 heavy (non-hydrogen) atoms. The normalized spacial score (nSPS) is 28.7. The van der Waals surface area contributed by atoms with E-state index in [2.05, 4.69) is 0 Å². The minimum absolute atomic E-state index is 0.643. The highest BCUT2D eigenvalue weighted by molar-refractivity contribution is 5.22. The van der Waals surface area contributed by atoms with E-state index in [9.17, 15) is 5.11 Å². The largest absolute Gasteiger partial charge is 0.383 e. The Bertz CT molecular complexity index is 263. The number of rotatable bonds is 2. The molecular weight excluding hydrogens is 182 g/mol. The van der Waals surface area contributed by atoms with Crippen LogP contribution in [0.2, 0.25) is 0 Å². The van der Waals surface area contributed by atoms with E-state index in [0.717, 1.165) is 12.8 Å². The smallest absolute Gasteiger partial charge is 0.197 e. The number of hydrogen-bond donors (Lipinski definition) is 1. The Hall–Kier alpha value is -0.890. The molecule has 1 rings (SSSR count). The zero-order valence-electron chi connectivity index (χ0n) is 8.49. The van der Waals surface area contributed by atoms with Gasteiger partial charge in [0.2, 0.25) is 0 Å². The molecule has 0 aromatic heterocycles. The summed E-state index contributed by atoms with van der Waals surface area (Å²) in [6, 6.07) is 1.92. The Morgan fingerprint density at radius 2 is 2.21 bits per heavy atom. The first-order valence-corrected chi connectivity index (χ1v) is 4.57. The first-order valence-electron chi connectivity index (χ1n) is 4.57. The number of aliphatic hydroxyl groups is 1. The van der Waals surface area contributed by atoms with E-state index in [4.69, 9.17) is 14.7 Å². The fourth-order valence-electron chi connectivity index (χ4n) is 1.84. The molecule has 0 aliphatic heterocycles. The summed E-state index contributed by atoms with van der Waals surface area (Å²) < 4.78 is 10.4. The molecule has 0 saturated heterocycles. The first-order chi connectivity index (χ1) is 6.70. The van der Waals surface area contributed by atoms with Gasteiger partial charge in [-0.25, -0.2) is 0 Å². The lowest BCUT2D eigenvalue weighted by atomic mass is 9.86. The summed E-state index contributed by atoms with van der Waals surface area (Å²) in [5.74, 6) is -0.971. The van der Waals surface area contributed by atoms with Gasteiger partial charge in [-0.15, -0.1) is 0 Å². The van der Waals surface area contributed by atoms with E-state index in [1.54, 1.807) is 0 Å². The fraction of sp³-hybridized carbons (Fsp3) is 0.700. The highest BCUT2D eigenvalue weighted by Crippen LogP contribution is 2.35. The zero-order chi connectivity index (χ0) is 10.6. The lowest BCUT2D eigenvalue weighted by molar-refractivity contribution is -0.260. The van der Waals surface area contributed by atoms with Gasteiger partial charge in [-0.3, -0.25) is 0 Å². The Morgan fingerprint density at radius 3 is 2.71 bits per heavy atom. The Labute approximate surface area is 83.7 Å². The predicted octanol–water partition coefficient (Wildman–Crippen LogP) is 0.970. The number of ether oxygens (including phenoxy) is 2. The molecule has 0 aromatic carbocycles. The van der Waals surface area contributed by atoms with Gasteiger partial charge in [-0.05, 0) is 18.4 Å². The second kappa shape index (κ2) is 4.56. The van der Waals surface area contributed by atoms with Gasteiger partial charge in [-0.2, -0.15) is 5.26 Å². The summed E-state index contributed by atoms with van der Waals surface area (Å²) in [6.07, 6.45) is 2.75. The minimum atomic E-state index is -0.971. The van der Waals surface area contributed by atoms with Crippen LogP contribution in [-0.2, 0) is 9.47 Å². The average molecular weight is 197 g/mol. The fourth-order valence-corrected chi connectivity index (χ4v) is 1.84. The monoisotopic (exact) mass is 197 g/mol. The van der Waals surface area contributed by atoms with Crippen molar-refractivity contribution < 1.29 is 14.6 Å². The molecule has 0 aromatic rings. The molecule has 1 atom stereocenters. The molecule has 1 aliphatic carbocycles. The maximum absolute atomic E-state index is 9.94. The zero-order valence-corrected chi connectivity index (χ0v) is 8.49. The molecule has 0 bridgehead atoms. The van der Waals surface area contributed by atoms with Crippen molar-refractivity contribution >= 4 is 0 Å². The summed E-state index contributed by atoms with van der Waals surface area (Å²) >= 11 is 0. The van der Waals surface area contributed by atoms with Crippen LogP contribution in [0.25, 0.3) is 0 Å². The van der Waals surface area contributed by atoms with Crippen molar-refractivity contribution in [2.75, 3.05) is 14.2 Å². The van der Waals surface area contributed by atoms with Crippen molar-refractivity contribution in [2.24, 2.45) is 0 Å². The SMILES string of the molecule is COC1(OC)CCC/C(=C\C#N)C1O. The first kappa shape index (κ1) is 11.2. The molecule has 1 N–H and O–H groups in total. The maximum atomic E-state index is 9.94. The third-order valence-electron chi connectivity index (χ3n) is 2.70. The second-order valence-corrected chi connectivity index (χ2v) is 3.32. The summed E-state index contributed by atoms with van der Waals surface area (Å²) in [5.41, 5.74) is 0.683. The molecular formula is C10H15NO3. The van der Waals surface area contributed by atoms with Gasteiger partial charge < -0.3 is 14.6 Å². The van der Waals surface area contributed by atoms with Crippen LogP contribution in [0.3, 0.4) is 0 Å². The van der Waals surface area contributed by atoms with Crippen LogP contribution in [0.5, 0.6) is 0 Å². The van der Waals surface area contributed by atoms with Crippen molar-refractivity contribution in [3.63, 3.8) is 0 Å². The Kier molecular flexibility index (Phi) is 3.64. The van der Waals surface area contributed by atoms with Gasteiger partial charge >= 0.3 is 0 Å². The van der Waals surface area contributed by atoms with E-state index < -0.39 is 11.9 Å². The number of aliphatic hydroxyl groups excluding tert-OH is 1. The van der Waals surface area contributed by atoms with Crippen LogP contribution in [-0.4, -0.2) is 31.2 Å². The van der Waals surface area contributed by atoms with Gasteiger partial charge in [0.1, 0.15) is 6.10 Å². The Balaban J connectivity index is 2.90. The molecule has 1 fully saturated rings. The molecule has 4 nitrogen and oxygen atoms in total. The quantitative estimate of drug-likeness (QED) is 0.529. The molecule has 4 heteroatoms. The highest BCUT2D eigenvalue weighted by atomic mass is 16.7. The van der Waals surface area contributed by atoms with Gasteiger partial charge in [0.05, 0.1) is 6.07 Å². The van der Waals surface area contributed by atoms with Gasteiger partial charge in [0, 0.05) is 26.7 Å². The van der Waals surface area contributed by atoms with Crippen LogP contribution in [0.1, 0.15) is 19.3 Å². The third-order valence-corrected chi connectivity index (χ3v) is 2.70. The Morgan fingerprint density at radius 1 is 1.57 bits per heavy atom. The topological polar surface area (TPSA) is 62.5 Å². The standard InChI is InChI=1S/C10H15NO3/c1-13-10(14-2)6-3-4-8(5-7-11)9(10)12/h5,9,12H,3-4,6H2,1-2H3/b8-5+. The van der Waals surface area contributed by atoms with E-state index >= 15 is 0 Å². The lowest BCUT2D eigenvalue weighted by Gasteiger charge is -2.39. The summed E-state index contributed by atoms with van der Waals surface area (Å²) in [5, 5.41) is 18.5. The molecule has 78 valence electrons. The number of nitriles is 1. The van der Waals surface area contributed by atoms with Crippen LogP contribution in [0, 0.1) is 11.3 Å². The van der Waals surface area contributed by atoms with E-state index in [1.165, 1.54) is 20.3 Å². The van der Waals surface area contributed by atoms with Crippen molar-refractivity contribution in [1.82, 2.24) is 0 Å². The van der Waals surface area contributed by atoms with Crippen LogP contribution < -0.4 is 0 Å². The average Bonchev–Trinajstić information content (AvgIpc) is 2.22. The number of allylic oxidation sites excluding steroid dienone is 1. The van der Waals surface area contributed by atoms with Crippen molar-refractivity contribution in [3.05, 3.63) is 11.6 Å². The summed E-state index contributed by atoms with van der Waals surface area (Å²) in [4.78, 5) is 0.